The second-order valence-electron chi connectivity index (χ2n) is 6.54. The molecular formula is C20H32N4O2. The number of ether oxygens (including phenoxy) is 1. The molecule has 2 rings (SSSR count). The molecule has 6 heteroatoms. The van der Waals surface area contributed by atoms with Crippen LogP contribution in [0.1, 0.15) is 45.1 Å². The largest absolute Gasteiger partial charge is 0.378 e. The molecule has 26 heavy (non-hydrogen) atoms. The average molecular weight is 361 g/mol. The molecule has 2 N–H and O–H groups in total. The fourth-order valence-electron chi connectivity index (χ4n) is 3.14. The van der Waals surface area contributed by atoms with E-state index in [-0.39, 0.29) is 5.91 Å². The van der Waals surface area contributed by atoms with E-state index in [4.69, 9.17) is 4.74 Å². The van der Waals surface area contributed by atoms with Crippen LogP contribution >= 0.6 is 0 Å². The van der Waals surface area contributed by atoms with Gasteiger partial charge >= 0.3 is 0 Å². The van der Waals surface area contributed by atoms with Gasteiger partial charge in [0, 0.05) is 45.4 Å². The maximum atomic E-state index is 11.6. The quantitative estimate of drug-likeness (QED) is 0.579. The Morgan fingerprint density at radius 3 is 2.50 bits per heavy atom. The molecule has 144 valence electrons. The third-order valence-corrected chi connectivity index (χ3v) is 4.52. The highest BCUT2D eigenvalue weighted by atomic mass is 16.5. The van der Waals surface area contributed by atoms with E-state index in [0.29, 0.717) is 19.1 Å². The number of hydrogen-bond acceptors (Lipinski definition) is 3. The number of aliphatic imine (C=N–C) groups is 1. The van der Waals surface area contributed by atoms with E-state index in [1.54, 1.807) is 0 Å². The van der Waals surface area contributed by atoms with E-state index in [1.807, 2.05) is 45.2 Å². The maximum Gasteiger partial charge on any atom is 0.224 e. The minimum atomic E-state index is 0.0641. The first kappa shape index (κ1) is 20.2. The fraction of sp³-hybridized carbons (Fsp3) is 0.600. The van der Waals surface area contributed by atoms with Gasteiger partial charge in [-0.1, -0.05) is 19.1 Å². The van der Waals surface area contributed by atoms with Crippen LogP contribution in [-0.2, 0) is 16.1 Å². The molecular weight excluding hydrogens is 328 g/mol. The van der Waals surface area contributed by atoms with Crippen molar-refractivity contribution in [3.63, 3.8) is 0 Å². The van der Waals surface area contributed by atoms with Gasteiger partial charge in [-0.05, 0) is 43.9 Å². The van der Waals surface area contributed by atoms with Gasteiger partial charge in [0.25, 0.3) is 0 Å². The van der Waals surface area contributed by atoms with Crippen LogP contribution in [-0.4, -0.2) is 49.6 Å². The maximum absolute atomic E-state index is 11.6. The number of nitrogens with one attached hydrogen (secondary N) is 2. The summed E-state index contributed by atoms with van der Waals surface area (Å²) in [5.74, 6) is 0.995. The summed E-state index contributed by atoms with van der Waals surface area (Å²) in [5, 5.41) is 6.34. The van der Waals surface area contributed by atoms with Crippen LogP contribution in [0.25, 0.3) is 0 Å². The van der Waals surface area contributed by atoms with Crippen LogP contribution in [0.5, 0.6) is 0 Å². The summed E-state index contributed by atoms with van der Waals surface area (Å²) in [5.41, 5.74) is 2.00. The smallest absolute Gasteiger partial charge is 0.224 e. The lowest BCUT2D eigenvalue weighted by molar-refractivity contribution is -0.116. The van der Waals surface area contributed by atoms with Crippen molar-refractivity contribution in [3.8, 4) is 0 Å². The number of amides is 1. The highest BCUT2D eigenvalue weighted by Crippen LogP contribution is 2.14. The lowest BCUT2D eigenvalue weighted by atomic mass is 10.1. The first-order valence-corrected chi connectivity index (χ1v) is 9.62. The Bertz CT molecular complexity index is 578. The van der Waals surface area contributed by atoms with Gasteiger partial charge in [-0.3, -0.25) is 9.79 Å². The molecule has 0 atom stereocenters. The number of rotatable bonds is 7. The molecule has 1 aliphatic heterocycles. The number of carbonyl (C=O) groups excluding carboxylic acids is 1. The second kappa shape index (κ2) is 10.8. The van der Waals surface area contributed by atoms with E-state index in [1.165, 1.54) is 0 Å². The number of hydrogen-bond donors (Lipinski definition) is 2. The zero-order chi connectivity index (χ0) is 18.8. The van der Waals surface area contributed by atoms with Crippen molar-refractivity contribution in [3.05, 3.63) is 29.8 Å². The summed E-state index contributed by atoms with van der Waals surface area (Å²) in [7, 11) is 1.82. The molecule has 1 heterocycles. The summed E-state index contributed by atoms with van der Waals surface area (Å²) in [6, 6.07) is 7.95. The van der Waals surface area contributed by atoms with E-state index in [9.17, 15) is 4.79 Å². The number of benzene rings is 1. The number of guanidine groups is 1. The number of likely N-dealkylation sites (tertiary alicyclic amines) is 1. The van der Waals surface area contributed by atoms with E-state index in [0.717, 1.165) is 56.2 Å². The van der Waals surface area contributed by atoms with Crippen LogP contribution in [0.3, 0.4) is 0 Å². The van der Waals surface area contributed by atoms with Crippen molar-refractivity contribution in [2.75, 3.05) is 32.1 Å². The minimum absolute atomic E-state index is 0.0641. The monoisotopic (exact) mass is 360 g/mol. The van der Waals surface area contributed by atoms with E-state index < -0.39 is 0 Å². The van der Waals surface area contributed by atoms with Gasteiger partial charge < -0.3 is 20.3 Å². The van der Waals surface area contributed by atoms with Gasteiger partial charge in [0.15, 0.2) is 5.96 Å². The van der Waals surface area contributed by atoms with Crippen molar-refractivity contribution in [2.24, 2.45) is 4.99 Å². The molecule has 1 aromatic carbocycles. The molecule has 0 unspecified atom stereocenters. The number of anilines is 1. The molecule has 1 aliphatic rings. The Labute approximate surface area is 157 Å². The molecule has 6 nitrogen and oxygen atoms in total. The molecule has 0 radical (unpaired) electrons. The van der Waals surface area contributed by atoms with Crippen LogP contribution in [0.2, 0.25) is 0 Å². The molecule has 0 spiro atoms. The fourth-order valence-corrected chi connectivity index (χ4v) is 3.14. The predicted octanol–water partition coefficient (Wildman–Crippen LogP) is 3.00. The topological polar surface area (TPSA) is 66.0 Å². The van der Waals surface area contributed by atoms with Crippen LogP contribution in [0.4, 0.5) is 5.69 Å². The zero-order valence-electron chi connectivity index (χ0n) is 16.3. The Kier molecular flexibility index (Phi) is 8.41. The SMILES string of the molecule is CCCC(=O)Nc1ccc(CNC(=NC)N2CCC(OCC)CC2)cc1. The molecule has 0 aromatic heterocycles. The Morgan fingerprint density at radius 2 is 1.92 bits per heavy atom. The summed E-state index contributed by atoms with van der Waals surface area (Å²) in [6.07, 6.45) is 3.88. The van der Waals surface area contributed by atoms with Crippen molar-refractivity contribution >= 4 is 17.6 Å². The summed E-state index contributed by atoms with van der Waals surface area (Å²) in [4.78, 5) is 18.3. The Hall–Kier alpha value is -2.08. The summed E-state index contributed by atoms with van der Waals surface area (Å²) >= 11 is 0. The van der Waals surface area contributed by atoms with Crippen LogP contribution < -0.4 is 10.6 Å². The Balaban J connectivity index is 1.80. The lowest BCUT2D eigenvalue weighted by Crippen LogP contribution is -2.46. The highest BCUT2D eigenvalue weighted by Gasteiger charge is 2.21. The predicted molar refractivity (Wildman–Crippen MR) is 106 cm³/mol. The zero-order valence-corrected chi connectivity index (χ0v) is 16.3. The van der Waals surface area contributed by atoms with E-state index >= 15 is 0 Å². The summed E-state index contributed by atoms with van der Waals surface area (Å²) < 4.78 is 5.71. The van der Waals surface area contributed by atoms with Crippen LogP contribution in [0, 0.1) is 0 Å². The van der Waals surface area contributed by atoms with Crippen molar-refractivity contribution < 1.29 is 9.53 Å². The number of piperidine rings is 1. The summed E-state index contributed by atoms with van der Waals surface area (Å²) in [6.45, 7) is 7.47. The molecule has 0 aliphatic carbocycles. The van der Waals surface area contributed by atoms with Gasteiger partial charge in [0.05, 0.1) is 6.10 Å². The van der Waals surface area contributed by atoms with Crippen molar-refractivity contribution in [1.29, 1.82) is 0 Å². The normalized spacial score (nSPS) is 15.8. The first-order chi connectivity index (χ1) is 12.7. The molecule has 0 bridgehead atoms. The van der Waals surface area contributed by atoms with Crippen molar-refractivity contribution in [1.82, 2.24) is 10.2 Å². The van der Waals surface area contributed by atoms with Crippen LogP contribution in [0.15, 0.2) is 29.3 Å². The minimum Gasteiger partial charge on any atom is -0.378 e. The standard InChI is InChI=1S/C20H32N4O2/c1-4-6-19(25)23-17-9-7-16(8-10-17)15-22-20(21-3)24-13-11-18(12-14-24)26-5-2/h7-10,18H,4-6,11-15H2,1-3H3,(H,21,22)(H,23,25). The van der Waals surface area contributed by atoms with Gasteiger partial charge in [-0.15, -0.1) is 0 Å². The van der Waals surface area contributed by atoms with E-state index in [2.05, 4.69) is 20.5 Å². The van der Waals surface area contributed by atoms with Gasteiger partial charge in [-0.25, -0.2) is 0 Å². The molecule has 1 fully saturated rings. The highest BCUT2D eigenvalue weighted by molar-refractivity contribution is 5.90. The third-order valence-electron chi connectivity index (χ3n) is 4.52. The lowest BCUT2D eigenvalue weighted by Gasteiger charge is -2.34. The third kappa shape index (κ3) is 6.33. The van der Waals surface area contributed by atoms with Gasteiger partial charge in [0.2, 0.25) is 5.91 Å². The molecule has 1 aromatic rings. The molecule has 0 saturated carbocycles. The number of carbonyl (C=O) groups is 1. The van der Waals surface area contributed by atoms with Crippen molar-refractivity contribution in [2.45, 2.75) is 52.2 Å². The van der Waals surface area contributed by atoms with Gasteiger partial charge in [0.1, 0.15) is 0 Å². The molecule has 1 saturated heterocycles. The average Bonchev–Trinajstić information content (AvgIpc) is 2.65. The van der Waals surface area contributed by atoms with Gasteiger partial charge in [-0.2, -0.15) is 0 Å². The first-order valence-electron chi connectivity index (χ1n) is 9.62. The molecule has 1 amide bonds. The number of nitrogens with zero attached hydrogens (tertiary/aromatic N) is 2. The second-order valence-corrected chi connectivity index (χ2v) is 6.54. The Morgan fingerprint density at radius 1 is 1.23 bits per heavy atom.